The standard InChI is InChI=1S/C21H21N5O3S2/c1-5-31(28,29)21-24-26-18(22)16(19(27)23-20(26)30-21)11-15-10-13(3)25(14(15)4)17-9-7-6-8-12(17)2/h6-11,22H,5H2,1-4H3/b16-11+,22-18?. The number of hydrogen-bond acceptors (Lipinski definition) is 6. The number of fused-ring (bicyclic) bond motifs is 1. The summed E-state index contributed by atoms with van der Waals surface area (Å²) in [5, 5.41) is 13.7. The van der Waals surface area contributed by atoms with E-state index in [0.717, 1.165) is 45.0 Å². The van der Waals surface area contributed by atoms with Crippen molar-refractivity contribution in [1.29, 1.82) is 5.41 Å². The van der Waals surface area contributed by atoms with E-state index in [0.29, 0.717) is 0 Å². The van der Waals surface area contributed by atoms with Gasteiger partial charge in [0.25, 0.3) is 5.91 Å². The average Bonchev–Trinajstić information content (AvgIpc) is 3.27. The molecule has 1 aromatic heterocycles. The number of thioether (sulfide) groups is 1. The molecule has 0 saturated carbocycles. The van der Waals surface area contributed by atoms with Crippen molar-refractivity contribution < 1.29 is 13.2 Å². The van der Waals surface area contributed by atoms with Crippen molar-refractivity contribution >= 4 is 49.0 Å². The Balaban J connectivity index is 1.76. The number of aromatic nitrogens is 1. The first-order valence-electron chi connectivity index (χ1n) is 9.62. The van der Waals surface area contributed by atoms with Crippen LogP contribution in [0.2, 0.25) is 0 Å². The summed E-state index contributed by atoms with van der Waals surface area (Å²) in [6, 6.07) is 9.97. The predicted octanol–water partition coefficient (Wildman–Crippen LogP) is 3.41. The Labute approximate surface area is 184 Å². The molecule has 2 aliphatic rings. The van der Waals surface area contributed by atoms with Gasteiger partial charge in [0.05, 0.1) is 11.3 Å². The molecule has 0 radical (unpaired) electrons. The fourth-order valence-corrected chi connectivity index (χ4v) is 5.66. The molecule has 0 spiro atoms. The van der Waals surface area contributed by atoms with Crippen molar-refractivity contribution in [1.82, 2.24) is 9.58 Å². The van der Waals surface area contributed by atoms with Crippen LogP contribution in [0.4, 0.5) is 0 Å². The Morgan fingerprint density at radius 1 is 1.19 bits per heavy atom. The summed E-state index contributed by atoms with van der Waals surface area (Å²) in [6.45, 7) is 7.49. The van der Waals surface area contributed by atoms with Gasteiger partial charge in [-0.05, 0) is 61.9 Å². The Kier molecular flexibility index (Phi) is 5.22. The van der Waals surface area contributed by atoms with E-state index < -0.39 is 15.7 Å². The van der Waals surface area contributed by atoms with Crippen LogP contribution in [0, 0.1) is 26.2 Å². The summed E-state index contributed by atoms with van der Waals surface area (Å²) in [5.74, 6) is -0.895. The predicted molar refractivity (Wildman–Crippen MR) is 124 cm³/mol. The minimum absolute atomic E-state index is 0.0632. The van der Waals surface area contributed by atoms with Crippen molar-refractivity contribution in [2.45, 2.75) is 27.7 Å². The average molecular weight is 456 g/mol. The van der Waals surface area contributed by atoms with E-state index in [9.17, 15) is 13.2 Å². The lowest BCUT2D eigenvalue weighted by atomic mass is 10.1. The van der Waals surface area contributed by atoms with Crippen LogP contribution in [-0.2, 0) is 14.6 Å². The number of amidine groups is 2. The van der Waals surface area contributed by atoms with Gasteiger partial charge < -0.3 is 4.57 Å². The Morgan fingerprint density at radius 3 is 2.58 bits per heavy atom. The van der Waals surface area contributed by atoms with E-state index in [4.69, 9.17) is 5.41 Å². The highest BCUT2D eigenvalue weighted by molar-refractivity contribution is 8.42. The van der Waals surface area contributed by atoms with Gasteiger partial charge in [0.2, 0.25) is 19.4 Å². The molecule has 0 aliphatic carbocycles. The van der Waals surface area contributed by atoms with Gasteiger partial charge in [-0.2, -0.15) is 10.0 Å². The molecule has 3 heterocycles. The van der Waals surface area contributed by atoms with E-state index in [1.54, 1.807) is 6.08 Å². The van der Waals surface area contributed by atoms with Crippen molar-refractivity contribution in [3.63, 3.8) is 0 Å². The van der Waals surface area contributed by atoms with E-state index in [1.165, 1.54) is 6.92 Å². The first kappa shape index (κ1) is 21.3. The third kappa shape index (κ3) is 3.55. The molecular formula is C21H21N5O3S2. The number of carbonyl (C=O) groups excluding carboxylic acids is 1. The number of carbonyl (C=O) groups is 1. The second kappa shape index (κ2) is 7.61. The summed E-state index contributed by atoms with van der Waals surface area (Å²) in [7, 11) is -3.56. The fraction of sp³-hybridized carbons (Fsp3) is 0.238. The van der Waals surface area contributed by atoms with Crippen LogP contribution in [0.5, 0.6) is 0 Å². The molecule has 31 heavy (non-hydrogen) atoms. The van der Waals surface area contributed by atoms with Gasteiger partial charge in [-0.3, -0.25) is 10.2 Å². The molecule has 1 N–H and O–H groups in total. The molecule has 1 amide bonds. The van der Waals surface area contributed by atoms with Crippen molar-refractivity contribution in [3.05, 3.63) is 58.4 Å². The van der Waals surface area contributed by atoms with E-state index in [1.807, 2.05) is 51.1 Å². The number of amides is 1. The maximum atomic E-state index is 12.7. The van der Waals surface area contributed by atoms with Crippen LogP contribution in [0.25, 0.3) is 11.8 Å². The molecule has 1 aromatic carbocycles. The van der Waals surface area contributed by atoms with Crippen molar-refractivity contribution in [2.75, 3.05) is 5.75 Å². The molecule has 2 aromatic rings. The topological polar surface area (TPSA) is 108 Å². The number of benzene rings is 1. The lowest BCUT2D eigenvalue weighted by molar-refractivity contribution is -0.114. The highest BCUT2D eigenvalue weighted by Gasteiger charge is 2.39. The Bertz CT molecular complexity index is 1330. The molecule has 2 aliphatic heterocycles. The molecule has 10 heteroatoms. The summed E-state index contributed by atoms with van der Waals surface area (Å²) in [4.78, 5) is 16.6. The zero-order valence-corrected chi connectivity index (χ0v) is 19.1. The lowest BCUT2D eigenvalue weighted by Gasteiger charge is -2.20. The number of para-hydroxylation sites is 1. The van der Waals surface area contributed by atoms with Crippen molar-refractivity contribution in [3.8, 4) is 5.69 Å². The number of aliphatic imine (C=N–C) groups is 1. The van der Waals surface area contributed by atoms with Crippen LogP contribution < -0.4 is 0 Å². The zero-order chi connectivity index (χ0) is 22.5. The third-order valence-electron chi connectivity index (χ3n) is 5.21. The minimum Gasteiger partial charge on any atom is -0.318 e. The summed E-state index contributed by atoms with van der Waals surface area (Å²) in [6.07, 6.45) is 1.62. The summed E-state index contributed by atoms with van der Waals surface area (Å²) < 4.78 is 26.2. The van der Waals surface area contributed by atoms with Gasteiger partial charge >= 0.3 is 0 Å². The highest BCUT2D eigenvalue weighted by Crippen LogP contribution is 2.31. The molecule has 0 bridgehead atoms. The van der Waals surface area contributed by atoms with E-state index in [2.05, 4.69) is 14.7 Å². The SMILES string of the molecule is CCS(=O)(=O)C1=NN2C(=N)/C(=C\c3cc(C)n(-c4ccccc4C)c3C)C(=O)N=C2S1. The Hall–Kier alpha value is -2.98. The van der Waals surface area contributed by atoms with Gasteiger partial charge in [0, 0.05) is 17.1 Å². The summed E-state index contributed by atoms with van der Waals surface area (Å²) >= 11 is 0.795. The third-order valence-corrected chi connectivity index (χ3v) is 8.30. The number of nitrogens with zero attached hydrogens (tertiary/aromatic N) is 4. The minimum atomic E-state index is -3.56. The lowest BCUT2D eigenvalue weighted by Crippen LogP contribution is -2.35. The van der Waals surface area contributed by atoms with Gasteiger partial charge in [0.1, 0.15) is 0 Å². The molecule has 0 saturated heterocycles. The number of nitrogens with one attached hydrogen (secondary N) is 1. The number of hydrogen-bond donors (Lipinski definition) is 1. The maximum Gasteiger partial charge on any atom is 0.283 e. The van der Waals surface area contributed by atoms with Gasteiger partial charge in [-0.25, -0.2) is 8.42 Å². The normalized spacial score (nSPS) is 17.8. The Morgan fingerprint density at radius 2 is 1.90 bits per heavy atom. The first-order chi connectivity index (χ1) is 14.6. The fourth-order valence-electron chi connectivity index (χ4n) is 3.50. The largest absolute Gasteiger partial charge is 0.318 e. The second-order valence-corrected chi connectivity index (χ2v) is 10.6. The van der Waals surface area contributed by atoms with Crippen molar-refractivity contribution in [2.24, 2.45) is 10.1 Å². The number of rotatable bonds is 3. The van der Waals surface area contributed by atoms with Gasteiger partial charge in [0.15, 0.2) is 5.84 Å². The van der Waals surface area contributed by atoms with Gasteiger partial charge in [-0.15, -0.1) is 5.10 Å². The van der Waals surface area contributed by atoms with Crippen LogP contribution in [0.1, 0.15) is 29.4 Å². The zero-order valence-electron chi connectivity index (χ0n) is 17.5. The summed E-state index contributed by atoms with van der Waals surface area (Å²) in [5.41, 5.74) is 4.92. The first-order valence-corrected chi connectivity index (χ1v) is 12.1. The van der Waals surface area contributed by atoms with E-state index in [-0.39, 0.29) is 26.7 Å². The maximum absolute atomic E-state index is 12.7. The quantitative estimate of drug-likeness (QED) is 0.714. The highest BCUT2D eigenvalue weighted by atomic mass is 32.3. The van der Waals surface area contributed by atoms with Crippen LogP contribution in [-0.4, -0.2) is 45.0 Å². The van der Waals surface area contributed by atoms with Crippen LogP contribution in [0.15, 0.2) is 46.0 Å². The molecule has 0 fully saturated rings. The molecular weight excluding hydrogens is 434 g/mol. The molecule has 0 atom stereocenters. The number of sulfone groups is 1. The van der Waals surface area contributed by atoms with E-state index >= 15 is 0 Å². The monoisotopic (exact) mass is 455 g/mol. The van der Waals surface area contributed by atoms with Crippen LogP contribution >= 0.6 is 11.8 Å². The molecule has 8 nitrogen and oxygen atoms in total. The van der Waals surface area contributed by atoms with Crippen LogP contribution in [0.3, 0.4) is 0 Å². The molecule has 0 unspecified atom stereocenters. The second-order valence-electron chi connectivity index (χ2n) is 7.24. The molecule has 160 valence electrons. The number of hydrazone groups is 1. The number of aryl methyl sites for hydroxylation is 2. The smallest absolute Gasteiger partial charge is 0.283 e. The molecule has 4 rings (SSSR count). The van der Waals surface area contributed by atoms with Gasteiger partial charge in [-0.1, -0.05) is 25.1 Å².